The van der Waals surface area contributed by atoms with Gasteiger partial charge in [0, 0.05) is 0 Å². The third-order valence-electron chi connectivity index (χ3n) is 2.86. The molecule has 0 aliphatic heterocycles. The van der Waals surface area contributed by atoms with Crippen molar-refractivity contribution in [1.82, 2.24) is 14.8 Å². The molecule has 0 spiro atoms. The molecule has 0 aliphatic carbocycles. The second-order valence-corrected chi connectivity index (χ2v) is 5.60. The third-order valence-corrected chi connectivity index (χ3v) is 3.78. The monoisotopic (exact) mass is 307 g/mol. The molecule has 0 radical (unpaired) electrons. The first-order valence-electron chi connectivity index (χ1n) is 6.46. The van der Waals surface area contributed by atoms with Gasteiger partial charge in [-0.05, 0) is 25.3 Å². The van der Waals surface area contributed by atoms with E-state index in [9.17, 15) is 4.79 Å². The molecule has 1 aromatic carbocycles. The quantitative estimate of drug-likeness (QED) is 0.846. The Labute approximate surface area is 127 Å². The SMILES string of the molecule is CS[C@@H](C)c1nc(COc2ccccc2)nn1CC(=O)O. The highest BCUT2D eigenvalue weighted by Gasteiger charge is 2.17. The molecule has 21 heavy (non-hydrogen) atoms. The van der Waals surface area contributed by atoms with E-state index in [1.165, 1.54) is 4.68 Å². The van der Waals surface area contributed by atoms with Gasteiger partial charge in [-0.15, -0.1) is 0 Å². The Morgan fingerprint density at radius 3 is 2.76 bits per heavy atom. The number of carbonyl (C=O) groups is 1. The minimum absolute atomic E-state index is 0.0716. The van der Waals surface area contributed by atoms with Crippen LogP contribution in [0.5, 0.6) is 5.75 Å². The highest BCUT2D eigenvalue weighted by atomic mass is 32.2. The first-order valence-corrected chi connectivity index (χ1v) is 7.75. The van der Waals surface area contributed by atoms with Crippen LogP contribution in [0.4, 0.5) is 0 Å². The van der Waals surface area contributed by atoms with Crippen LogP contribution in [-0.2, 0) is 17.9 Å². The molecule has 0 fully saturated rings. The van der Waals surface area contributed by atoms with Crippen LogP contribution in [0.2, 0.25) is 0 Å². The highest BCUT2D eigenvalue weighted by molar-refractivity contribution is 7.98. The van der Waals surface area contributed by atoms with Gasteiger partial charge in [-0.3, -0.25) is 4.79 Å². The van der Waals surface area contributed by atoms with Gasteiger partial charge in [0.25, 0.3) is 0 Å². The van der Waals surface area contributed by atoms with Gasteiger partial charge < -0.3 is 9.84 Å². The average molecular weight is 307 g/mol. The normalized spacial score (nSPS) is 12.1. The zero-order valence-corrected chi connectivity index (χ0v) is 12.7. The van der Waals surface area contributed by atoms with Gasteiger partial charge in [0.1, 0.15) is 24.7 Å². The number of aliphatic carboxylic acids is 1. The molecular formula is C14H17N3O3S. The van der Waals surface area contributed by atoms with Crippen molar-refractivity contribution in [2.24, 2.45) is 0 Å². The van der Waals surface area contributed by atoms with E-state index in [0.29, 0.717) is 11.6 Å². The fourth-order valence-electron chi connectivity index (χ4n) is 1.78. The predicted molar refractivity (Wildman–Crippen MR) is 80.4 cm³/mol. The summed E-state index contributed by atoms with van der Waals surface area (Å²) < 4.78 is 7.01. The largest absolute Gasteiger partial charge is 0.486 e. The molecule has 0 saturated heterocycles. The van der Waals surface area contributed by atoms with Crippen LogP contribution in [0.15, 0.2) is 30.3 Å². The Hall–Kier alpha value is -2.02. The van der Waals surface area contributed by atoms with Crippen molar-refractivity contribution >= 4 is 17.7 Å². The van der Waals surface area contributed by atoms with Crippen LogP contribution in [-0.4, -0.2) is 32.1 Å². The number of hydrogen-bond acceptors (Lipinski definition) is 5. The van der Waals surface area contributed by atoms with Crippen LogP contribution in [0, 0.1) is 0 Å². The summed E-state index contributed by atoms with van der Waals surface area (Å²) in [6.45, 7) is 1.98. The Bertz CT molecular complexity index is 601. The summed E-state index contributed by atoms with van der Waals surface area (Å²) >= 11 is 1.59. The first-order chi connectivity index (χ1) is 10.1. The number of benzene rings is 1. The molecule has 0 aliphatic rings. The fraction of sp³-hybridized carbons (Fsp3) is 0.357. The molecule has 112 valence electrons. The zero-order chi connectivity index (χ0) is 15.2. The van der Waals surface area contributed by atoms with Crippen molar-refractivity contribution in [3.05, 3.63) is 42.0 Å². The van der Waals surface area contributed by atoms with Crippen molar-refractivity contribution in [2.75, 3.05) is 6.26 Å². The topological polar surface area (TPSA) is 77.2 Å². The van der Waals surface area contributed by atoms with Crippen LogP contribution in [0.25, 0.3) is 0 Å². The number of ether oxygens (including phenoxy) is 1. The Morgan fingerprint density at radius 1 is 1.43 bits per heavy atom. The zero-order valence-electron chi connectivity index (χ0n) is 11.9. The first kappa shape index (κ1) is 15.4. The van der Waals surface area contributed by atoms with Crippen LogP contribution in [0.3, 0.4) is 0 Å². The molecule has 0 bridgehead atoms. The molecule has 0 amide bonds. The van der Waals surface area contributed by atoms with Gasteiger partial charge in [0.15, 0.2) is 5.82 Å². The molecule has 0 unspecified atom stereocenters. The van der Waals surface area contributed by atoms with E-state index in [4.69, 9.17) is 9.84 Å². The number of aromatic nitrogens is 3. The van der Waals surface area contributed by atoms with Crippen molar-refractivity contribution in [3.8, 4) is 5.75 Å². The lowest BCUT2D eigenvalue weighted by Gasteiger charge is -2.07. The second kappa shape index (κ2) is 7.12. The van der Waals surface area contributed by atoms with Crippen molar-refractivity contribution in [2.45, 2.75) is 25.3 Å². The lowest BCUT2D eigenvalue weighted by molar-refractivity contribution is -0.137. The van der Waals surface area contributed by atoms with Gasteiger partial charge in [-0.2, -0.15) is 16.9 Å². The summed E-state index contributed by atoms with van der Waals surface area (Å²) in [7, 11) is 0. The summed E-state index contributed by atoms with van der Waals surface area (Å²) in [6, 6.07) is 9.37. The predicted octanol–water partition coefficient (Wildman–Crippen LogP) is 2.37. The second-order valence-electron chi connectivity index (χ2n) is 4.42. The summed E-state index contributed by atoms with van der Waals surface area (Å²) in [5.74, 6) is 0.920. The maximum atomic E-state index is 10.9. The molecule has 2 aromatic rings. The van der Waals surface area contributed by atoms with E-state index in [0.717, 1.165) is 5.75 Å². The summed E-state index contributed by atoms with van der Waals surface area (Å²) in [6.07, 6.45) is 1.95. The minimum Gasteiger partial charge on any atom is -0.486 e. The summed E-state index contributed by atoms with van der Waals surface area (Å²) in [5, 5.41) is 13.2. The molecule has 1 N–H and O–H groups in total. The lowest BCUT2D eigenvalue weighted by Crippen LogP contribution is -2.14. The van der Waals surface area contributed by atoms with Crippen molar-refractivity contribution < 1.29 is 14.6 Å². The van der Waals surface area contributed by atoms with E-state index in [2.05, 4.69) is 10.1 Å². The van der Waals surface area contributed by atoms with Crippen molar-refractivity contribution in [3.63, 3.8) is 0 Å². The lowest BCUT2D eigenvalue weighted by atomic mass is 10.3. The molecule has 0 saturated carbocycles. The molecule has 1 heterocycles. The fourth-order valence-corrected chi connectivity index (χ4v) is 2.16. The third kappa shape index (κ3) is 4.22. The van der Waals surface area contributed by atoms with Gasteiger partial charge in [-0.25, -0.2) is 9.67 Å². The van der Waals surface area contributed by atoms with Gasteiger partial charge in [0.05, 0.1) is 5.25 Å². The minimum atomic E-state index is -0.940. The van der Waals surface area contributed by atoms with Gasteiger partial charge >= 0.3 is 5.97 Å². The number of hydrogen-bond donors (Lipinski definition) is 1. The van der Waals surface area contributed by atoms with Crippen LogP contribution >= 0.6 is 11.8 Å². The molecule has 6 nitrogen and oxygen atoms in total. The van der Waals surface area contributed by atoms with Gasteiger partial charge in [0.2, 0.25) is 0 Å². The van der Waals surface area contributed by atoms with Crippen molar-refractivity contribution in [1.29, 1.82) is 0 Å². The Kier molecular flexibility index (Phi) is 5.21. The number of thioether (sulfide) groups is 1. The van der Waals surface area contributed by atoms with E-state index < -0.39 is 5.97 Å². The molecule has 1 atom stereocenters. The smallest absolute Gasteiger partial charge is 0.325 e. The van der Waals surface area contributed by atoms with E-state index in [1.54, 1.807) is 11.8 Å². The number of carboxylic acid groups (broad SMARTS) is 1. The molecule has 7 heteroatoms. The van der Waals surface area contributed by atoms with Gasteiger partial charge in [-0.1, -0.05) is 18.2 Å². The standard InChI is InChI=1S/C14H17N3O3S/c1-10(21-2)14-15-12(16-17(14)8-13(18)19)9-20-11-6-4-3-5-7-11/h3-7,10H,8-9H2,1-2H3,(H,18,19)/t10-/m0/s1. The number of rotatable bonds is 7. The molecule has 2 rings (SSSR count). The van der Waals surface area contributed by atoms with Crippen LogP contribution in [0.1, 0.15) is 23.8 Å². The Balaban J connectivity index is 2.12. The molecular weight excluding hydrogens is 290 g/mol. The number of carboxylic acids is 1. The van der Waals surface area contributed by atoms with Crippen LogP contribution < -0.4 is 4.74 Å². The van der Waals surface area contributed by atoms with E-state index in [-0.39, 0.29) is 18.4 Å². The maximum absolute atomic E-state index is 10.9. The number of para-hydroxylation sites is 1. The highest BCUT2D eigenvalue weighted by Crippen LogP contribution is 2.24. The van der Waals surface area contributed by atoms with E-state index >= 15 is 0 Å². The summed E-state index contributed by atoms with van der Waals surface area (Å²) in [4.78, 5) is 15.3. The average Bonchev–Trinajstić information content (AvgIpc) is 2.87. The molecule has 1 aromatic heterocycles. The maximum Gasteiger partial charge on any atom is 0.325 e. The van der Waals surface area contributed by atoms with E-state index in [1.807, 2.05) is 43.5 Å². The summed E-state index contributed by atoms with van der Waals surface area (Å²) in [5.41, 5.74) is 0. The Morgan fingerprint density at radius 2 is 2.14 bits per heavy atom. The number of nitrogens with zero attached hydrogens (tertiary/aromatic N) is 3.